The standard InChI is InChI=1S/C22H17F3N6O.ClH/c23-22(24,25)19-11-17(9-10-28-19)32-16-7-5-15(6-8-16)29-20-12-18(30-21(27)31-20)13-1-3-14(26)4-2-13;/h1-12H,26H2,(H3,27,29,30,31);1H. The van der Waals surface area contributed by atoms with Crippen LogP contribution in [0.4, 0.5) is 36.3 Å². The molecule has 33 heavy (non-hydrogen) atoms. The van der Waals surface area contributed by atoms with Crippen molar-refractivity contribution in [1.82, 2.24) is 15.0 Å². The molecule has 0 aliphatic heterocycles. The second kappa shape index (κ2) is 9.61. The first kappa shape index (κ1) is 23.6. The van der Waals surface area contributed by atoms with Gasteiger partial charge in [-0.1, -0.05) is 12.1 Å². The van der Waals surface area contributed by atoms with Crippen molar-refractivity contribution in [3.05, 3.63) is 78.6 Å². The zero-order valence-electron chi connectivity index (χ0n) is 16.9. The lowest BCUT2D eigenvalue weighted by Crippen LogP contribution is -2.07. The van der Waals surface area contributed by atoms with Crippen LogP contribution in [-0.2, 0) is 6.18 Å². The second-order valence-corrected chi connectivity index (χ2v) is 6.74. The minimum Gasteiger partial charge on any atom is -0.457 e. The van der Waals surface area contributed by atoms with E-state index in [0.29, 0.717) is 28.6 Å². The Labute approximate surface area is 193 Å². The van der Waals surface area contributed by atoms with Crippen molar-refractivity contribution < 1.29 is 17.9 Å². The summed E-state index contributed by atoms with van der Waals surface area (Å²) in [5, 5.41) is 3.12. The molecule has 0 aliphatic carbocycles. The predicted molar refractivity (Wildman–Crippen MR) is 123 cm³/mol. The highest BCUT2D eigenvalue weighted by atomic mass is 35.5. The van der Waals surface area contributed by atoms with Crippen molar-refractivity contribution >= 4 is 35.5 Å². The van der Waals surface area contributed by atoms with Crippen molar-refractivity contribution in [1.29, 1.82) is 0 Å². The van der Waals surface area contributed by atoms with Gasteiger partial charge in [0.2, 0.25) is 5.95 Å². The number of hydrogen-bond donors (Lipinski definition) is 3. The van der Waals surface area contributed by atoms with Gasteiger partial charge in [0, 0.05) is 35.3 Å². The molecule has 7 nitrogen and oxygen atoms in total. The Morgan fingerprint density at radius 1 is 0.818 bits per heavy atom. The number of nitrogens with one attached hydrogen (secondary N) is 1. The molecule has 4 aromatic rings. The number of nitrogen functional groups attached to an aromatic ring is 2. The van der Waals surface area contributed by atoms with Crippen LogP contribution in [0.3, 0.4) is 0 Å². The lowest BCUT2D eigenvalue weighted by atomic mass is 10.1. The first-order valence-electron chi connectivity index (χ1n) is 9.35. The van der Waals surface area contributed by atoms with Crippen LogP contribution in [-0.4, -0.2) is 15.0 Å². The van der Waals surface area contributed by atoms with Crippen LogP contribution in [0.25, 0.3) is 11.3 Å². The Kier molecular flexibility index (Phi) is 6.88. The van der Waals surface area contributed by atoms with E-state index in [2.05, 4.69) is 20.3 Å². The molecule has 2 heterocycles. The molecule has 0 saturated heterocycles. The molecule has 0 saturated carbocycles. The quantitative estimate of drug-likeness (QED) is 0.319. The molecule has 170 valence electrons. The number of anilines is 4. The van der Waals surface area contributed by atoms with Crippen molar-refractivity contribution in [3.8, 4) is 22.8 Å². The molecule has 2 aromatic heterocycles. The summed E-state index contributed by atoms with van der Waals surface area (Å²) in [4.78, 5) is 11.7. The van der Waals surface area contributed by atoms with Gasteiger partial charge < -0.3 is 21.5 Å². The number of pyridine rings is 1. The fourth-order valence-electron chi connectivity index (χ4n) is 2.85. The number of benzene rings is 2. The molecule has 0 bridgehead atoms. The number of hydrogen-bond acceptors (Lipinski definition) is 7. The molecule has 0 atom stereocenters. The van der Waals surface area contributed by atoms with E-state index in [1.165, 1.54) is 6.07 Å². The number of rotatable bonds is 5. The molecule has 11 heteroatoms. The van der Waals surface area contributed by atoms with E-state index >= 15 is 0 Å². The summed E-state index contributed by atoms with van der Waals surface area (Å²) >= 11 is 0. The molecule has 2 aromatic carbocycles. The summed E-state index contributed by atoms with van der Waals surface area (Å²) in [6.07, 6.45) is -3.50. The van der Waals surface area contributed by atoms with Crippen LogP contribution in [0.2, 0.25) is 0 Å². The highest BCUT2D eigenvalue weighted by molar-refractivity contribution is 5.85. The lowest BCUT2D eigenvalue weighted by molar-refractivity contribution is -0.141. The summed E-state index contributed by atoms with van der Waals surface area (Å²) in [5.41, 5.74) is 13.3. The third-order valence-electron chi connectivity index (χ3n) is 4.33. The predicted octanol–water partition coefficient (Wildman–Crippen LogP) is 5.68. The topological polar surface area (TPSA) is 112 Å². The maximum Gasteiger partial charge on any atom is 0.433 e. The largest absolute Gasteiger partial charge is 0.457 e. The number of nitrogens with two attached hydrogens (primary N) is 2. The third kappa shape index (κ3) is 6.01. The van der Waals surface area contributed by atoms with E-state index < -0.39 is 11.9 Å². The van der Waals surface area contributed by atoms with Crippen molar-refractivity contribution in [2.24, 2.45) is 0 Å². The first-order chi connectivity index (χ1) is 15.3. The number of halogens is 4. The number of aromatic nitrogens is 3. The van der Waals surface area contributed by atoms with Crippen LogP contribution in [0.15, 0.2) is 72.9 Å². The number of nitrogens with zero attached hydrogens (tertiary/aromatic N) is 3. The van der Waals surface area contributed by atoms with E-state index in [0.717, 1.165) is 17.8 Å². The average Bonchev–Trinajstić information content (AvgIpc) is 2.75. The molecule has 5 N–H and O–H groups in total. The Hall–Kier alpha value is -4.05. The zero-order chi connectivity index (χ0) is 22.7. The maximum atomic E-state index is 12.8. The molecule has 0 spiro atoms. The van der Waals surface area contributed by atoms with Gasteiger partial charge >= 0.3 is 6.18 Å². The molecule has 0 amide bonds. The van der Waals surface area contributed by atoms with E-state index in [-0.39, 0.29) is 24.1 Å². The number of alkyl halides is 3. The number of ether oxygens (including phenoxy) is 1. The Morgan fingerprint density at radius 2 is 1.52 bits per heavy atom. The van der Waals surface area contributed by atoms with Crippen LogP contribution in [0.1, 0.15) is 5.69 Å². The maximum absolute atomic E-state index is 12.8. The summed E-state index contributed by atoms with van der Waals surface area (Å²) in [6.45, 7) is 0. The van der Waals surface area contributed by atoms with Gasteiger partial charge in [0.05, 0.1) is 5.69 Å². The van der Waals surface area contributed by atoms with Gasteiger partial charge in [-0.2, -0.15) is 18.2 Å². The van der Waals surface area contributed by atoms with E-state index in [1.54, 1.807) is 42.5 Å². The Morgan fingerprint density at radius 3 is 2.18 bits per heavy atom. The van der Waals surface area contributed by atoms with E-state index in [4.69, 9.17) is 16.2 Å². The minimum atomic E-state index is -4.54. The van der Waals surface area contributed by atoms with Gasteiger partial charge in [0.25, 0.3) is 0 Å². The molecule has 0 unspecified atom stereocenters. The van der Waals surface area contributed by atoms with Crippen LogP contribution in [0, 0.1) is 0 Å². The van der Waals surface area contributed by atoms with Gasteiger partial charge in [0.15, 0.2) is 0 Å². The average molecular weight is 475 g/mol. The highest BCUT2D eigenvalue weighted by Crippen LogP contribution is 2.31. The van der Waals surface area contributed by atoms with Crippen LogP contribution >= 0.6 is 12.4 Å². The smallest absolute Gasteiger partial charge is 0.433 e. The van der Waals surface area contributed by atoms with Gasteiger partial charge in [0.1, 0.15) is 23.0 Å². The second-order valence-electron chi connectivity index (χ2n) is 6.74. The first-order valence-corrected chi connectivity index (χ1v) is 9.35. The summed E-state index contributed by atoms with van der Waals surface area (Å²) in [6, 6.07) is 17.7. The van der Waals surface area contributed by atoms with Crippen molar-refractivity contribution in [2.75, 3.05) is 16.8 Å². The highest BCUT2D eigenvalue weighted by Gasteiger charge is 2.32. The summed E-state index contributed by atoms with van der Waals surface area (Å²) < 4.78 is 43.9. The fraction of sp³-hybridized carbons (Fsp3) is 0.0455. The van der Waals surface area contributed by atoms with Gasteiger partial charge in [-0.05, 0) is 42.5 Å². The van der Waals surface area contributed by atoms with Crippen molar-refractivity contribution in [3.63, 3.8) is 0 Å². The SMILES string of the molecule is Cl.Nc1ccc(-c2cc(Nc3ccc(Oc4ccnc(C(F)(F)F)c4)cc3)nc(N)n2)cc1. The molecule has 0 radical (unpaired) electrons. The molecular formula is C22H18ClF3N6O. The van der Waals surface area contributed by atoms with E-state index in [9.17, 15) is 13.2 Å². The Bertz CT molecular complexity index is 1230. The zero-order valence-corrected chi connectivity index (χ0v) is 17.7. The summed E-state index contributed by atoms with van der Waals surface area (Å²) in [7, 11) is 0. The molecule has 4 rings (SSSR count). The molecule has 0 aliphatic rings. The molecule has 0 fully saturated rings. The molecular weight excluding hydrogens is 457 g/mol. The third-order valence-corrected chi connectivity index (χ3v) is 4.33. The fourth-order valence-corrected chi connectivity index (χ4v) is 2.85. The van der Waals surface area contributed by atoms with Gasteiger partial charge in [-0.3, -0.25) is 4.98 Å². The Balaban J connectivity index is 0.00000306. The van der Waals surface area contributed by atoms with E-state index in [1.807, 2.05) is 12.1 Å². The minimum absolute atomic E-state index is 0. The van der Waals surface area contributed by atoms with Crippen molar-refractivity contribution in [2.45, 2.75) is 6.18 Å². The van der Waals surface area contributed by atoms with Gasteiger partial charge in [-0.15, -0.1) is 12.4 Å². The lowest BCUT2D eigenvalue weighted by Gasteiger charge is -2.11. The van der Waals surface area contributed by atoms with Gasteiger partial charge in [-0.25, -0.2) is 4.98 Å². The summed E-state index contributed by atoms with van der Waals surface area (Å²) in [5.74, 6) is 0.964. The van der Waals surface area contributed by atoms with Crippen LogP contribution < -0.4 is 21.5 Å². The normalized spacial score (nSPS) is 10.9. The van der Waals surface area contributed by atoms with Crippen LogP contribution in [0.5, 0.6) is 11.5 Å². The monoisotopic (exact) mass is 474 g/mol.